The van der Waals surface area contributed by atoms with E-state index in [4.69, 9.17) is 23.2 Å². The van der Waals surface area contributed by atoms with Crippen LogP contribution < -0.4 is 10.9 Å². The molecule has 0 radical (unpaired) electrons. The zero-order valence-electron chi connectivity index (χ0n) is 17.0. The Kier molecular flexibility index (Phi) is 7.18. The minimum atomic E-state index is 0.699. The molecule has 0 amide bonds. The van der Waals surface area contributed by atoms with Gasteiger partial charge in [-0.2, -0.15) is 10.2 Å². The molecule has 0 fully saturated rings. The largest absolute Gasteiger partial charge is 0.279 e. The summed E-state index contributed by atoms with van der Waals surface area (Å²) in [6, 6.07) is 31.3. The quantitative estimate of drug-likeness (QED) is 0.221. The van der Waals surface area contributed by atoms with E-state index in [0.717, 1.165) is 33.6 Å². The highest BCUT2D eigenvalue weighted by molar-refractivity contribution is 6.30. The highest BCUT2D eigenvalue weighted by atomic mass is 35.5. The molecule has 0 bridgehead atoms. The number of nitrogens with one attached hydrogen (secondary N) is 2. The highest BCUT2D eigenvalue weighted by Gasteiger charge is 1.98. The lowest BCUT2D eigenvalue weighted by atomic mass is 10.0. The van der Waals surface area contributed by atoms with E-state index in [9.17, 15) is 0 Å². The maximum atomic E-state index is 5.89. The Morgan fingerprint density at radius 1 is 0.469 bits per heavy atom. The molecular weight excluding hydrogens is 439 g/mol. The molecule has 0 saturated carbocycles. The van der Waals surface area contributed by atoms with Crippen LogP contribution in [0.1, 0.15) is 11.1 Å². The number of rotatable bonds is 7. The van der Waals surface area contributed by atoms with E-state index < -0.39 is 0 Å². The van der Waals surface area contributed by atoms with E-state index in [0.29, 0.717) is 10.0 Å². The molecule has 32 heavy (non-hydrogen) atoms. The maximum Gasteiger partial charge on any atom is 0.0562 e. The molecule has 0 aliphatic rings. The molecular formula is C26H20Cl2N4. The second-order valence-corrected chi connectivity index (χ2v) is 7.87. The van der Waals surface area contributed by atoms with E-state index in [-0.39, 0.29) is 0 Å². The van der Waals surface area contributed by atoms with Gasteiger partial charge in [0.05, 0.1) is 23.8 Å². The van der Waals surface area contributed by atoms with Crippen molar-refractivity contribution in [3.63, 3.8) is 0 Å². The van der Waals surface area contributed by atoms with Gasteiger partial charge in [-0.25, -0.2) is 0 Å². The first kappa shape index (κ1) is 21.6. The summed E-state index contributed by atoms with van der Waals surface area (Å²) in [7, 11) is 0. The van der Waals surface area contributed by atoms with Gasteiger partial charge >= 0.3 is 0 Å². The third kappa shape index (κ3) is 6.20. The SMILES string of the molecule is Clc1ccc(N/N=C/c2ccc(-c3ccc(/C=N/Nc4ccc(Cl)cc4)cc3)cc2)cc1. The number of halogens is 2. The molecule has 2 N–H and O–H groups in total. The van der Waals surface area contributed by atoms with Gasteiger partial charge in [-0.05, 0) is 70.8 Å². The van der Waals surface area contributed by atoms with Gasteiger partial charge in [0, 0.05) is 10.0 Å². The fourth-order valence-electron chi connectivity index (χ4n) is 2.93. The van der Waals surface area contributed by atoms with Gasteiger partial charge < -0.3 is 0 Å². The van der Waals surface area contributed by atoms with Crippen molar-refractivity contribution in [1.29, 1.82) is 0 Å². The van der Waals surface area contributed by atoms with Gasteiger partial charge in [0.15, 0.2) is 0 Å². The van der Waals surface area contributed by atoms with Crippen LogP contribution in [-0.2, 0) is 0 Å². The molecule has 4 aromatic rings. The van der Waals surface area contributed by atoms with Crippen LogP contribution in [0.4, 0.5) is 11.4 Å². The van der Waals surface area contributed by atoms with E-state index in [1.165, 1.54) is 0 Å². The smallest absolute Gasteiger partial charge is 0.0562 e. The molecule has 4 nitrogen and oxygen atoms in total. The zero-order valence-corrected chi connectivity index (χ0v) is 18.6. The minimum absolute atomic E-state index is 0.699. The van der Waals surface area contributed by atoms with Crippen LogP contribution in [0, 0.1) is 0 Å². The van der Waals surface area contributed by atoms with Crippen LogP contribution in [0.2, 0.25) is 10.0 Å². The van der Waals surface area contributed by atoms with Gasteiger partial charge in [-0.1, -0.05) is 71.7 Å². The van der Waals surface area contributed by atoms with Crippen LogP contribution in [0.3, 0.4) is 0 Å². The Bertz CT molecular complexity index is 1100. The van der Waals surface area contributed by atoms with Gasteiger partial charge in [0.1, 0.15) is 0 Å². The number of hydrogen-bond acceptors (Lipinski definition) is 4. The Labute approximate surface area is 197 Å². The lowest BCUT2D eigenvalue weighted by molar-refractivity contribution is 1.35. The number of nitrogens with zero attached hydrogens (tertiary/aromatic N) is 2. The minimum Gasteiger partial charge on any atom is -0.279 e. The van der Waals surface area contributed by atoms with Gasteiger partial charge in [-0.3, -0.25) is 10.9 Å². The fraction of sp³-hybridized carbons (Fsp3) is 0. The molecule has 0 unspecified atom stereocenters. The molecule has 158 valence electrons. The number of anilines is 2. The third-order valence-electron chi connectivity index (χ3n) is 4.66. The summed E-state index contributed by atoms with van der Waals surface area (Å²) in [4.78, 5) is 0. The second kappa shape index (κ2) is 10.6. The molecule has 0 atom stereocenters. The summed E-state index contributed by atoms with van der Waals surface area (Å²) in [5, 5.41) is 9.93. The summed E-state index contributed by atoms with van der Waals surface area (Å²) < 4.78 is 0. The van der Waals surface area contributed by atoms with Crippen molar-refractivity contribution in [1.82, 2.24) is 0 Å². The van der Waals surface area contributed by atoms with Crippen molar-refractivity contribution >= 4 is 47.0 Å². The Morgan fingerprint density at radius 3 is 1.16 bits per heavy atom. The first-order chi connectivity index (χ1) is 15.7. The molecule has 0 spiro atoms. The van der Waals surface area contributed by atoms with Crippen LogP contribution in [0.25, 0.3) is 11.1 Å². The topological polar surface area (TPSA) is 48.8 Å². The Hall–Kier alpha value is -3.60. The first-order valence-electron chi connectivity index (χ1n) is 9.95. The molecule has 6 heteroatoms. The van der Waals surface area contributed by atoms with E-state index in [2.05, 4.69) is 45.3 Å². The first-order valence-corrected chi connectivity index (χ1v) is 10.7. The Balaban J connectivity index is 1.33. The van der Waals surface area contributed by atoms with E-state index >= 15 is 0 Å². The van der Waals surface area contributed by atoms with E-state index in [1.54, 1.807) is 12.4 Å². The number of benzene rings is 4. The standard InChI is InChI=1S/C26H20Cl2N4/c27-23-9-13-25(14-10-23)31-29-17-19-1-5-21(6-2-19)22-7-3-20(4-8-22)18-30-32-26-15-11-24(28)12-16-26/h1-18,31-32H/b29-17+,30-18+. The van der Waals surface area contributed by atoms with Crippen LogP contribution in [0.15, 0.2) is 107 Å². The van der Waals surface area contributed by atoms with Gasteiger partial charge in [0.2, 0.25) is 0 Å². The monoisotopic (exact) mass is 458 g/mol. The average Bonchev–Trinajstić information content (AvgIpc) is 2.83. The van der Waals surface area contributed by atoms with Crippen molar-refractivity contribution in [3.8, 4) is 11.1 Å². The summed E-state index contributed by atoms with van der Waals surface area (Å²) in [6.45, 7) is 0. The van der Waals surface area contributed by atoms with Crippen molar-refractivity contribution in [2.75, 3.05) is 10.9 Å². The lowest BCUT2D eigenvalue weighted by Gasteiger charge is -2.04. The average molecular weight is 459 g/mol. The molecule has 0 aliphatic heterocycles. The van der Waals surface area contributed by atoms with E-state index in [1.807, 2.05) is 72.8 Å². The van der Waals surface area contributed by atoms with Gasteiger partial charge in [-0.15, -0.1) is 0 Å². The molecule has 0 saturated heterocycles. The summed E-state index contributed by atoms with van der Waals surface area (Å²) in [6.07, 6.45) is 3.57. The third-order valence-corrected chi connectivity index (χ3v) is 5.16. The summed E-state index contributed by atoms with van der Waals surface area (Å²) in [5.74, 6) is 0. The second-order valence-electron chi connectivity index (χ2n) is 7.00. The lowest BCUT2D eigenvalue weighted by Crippen LogP contribution is -1.91. The molecule has 0 heterocycles. The fourth-order valence-corrected chi connectivity index (χ4v) is 3.19. The predicted octanol–water partition coefficient (Wildman–Crippen LogP) is 7.55. The Morgan fingerprint density at radius 2 is 0.812 bits per heavy atom. The highest BCUT2D eigenvalue weighted by Crippen LogP contribution is 2.20. The maximum absolute atomic E-state index is 5.89. The van der Waals surface area contributed by atoms with Crippen molar-refractivity contribution < 1.29 is 0 Å². The molecule has 4 aromatic carbocycles. The van der Waals surface area contributed by atoms with Crippen LogP contribution in [0.5, 0.6) is 0 Å². The molecule has 0 aliphatic carbocycles. The van der Waals surface area contributed by atoms with Crippen LogP contribution in [-0.4, -0.2) is 12.4 Å². The molecule has 4 rings (SSSR count). The molecule has 0 aromatic heterocycles. The number of hydrogen-bond donors (Lipinski definition) is 2. The zero-order chi connectivity index (χ0) is 22.2. The van der Waals surface area contributed by atoms with Crippen molar-refractivity contribution in [3.05, 3.63) is 118 Å². The van der Waals surface area contributed by atoms with Crippen molar-refractivity contribution in [2.45, 2.75) is 0 Å². The predicted molar refractivity (Wildman–Crippen MR) is 137 cm³/mol. The van der Waals surface area contributed by atoms with Crippen LogP contribution >= 0.6 is 23.2 Å². The summed E-state index contributed by atoms with van der Waals surface area (Å²) >= 11 is 11.8. The number of hydrazone groups is 2. The summed E-state index contributed by atoms with van der Waals surface area (Å²) in [5.41, 5.74) is 12.0. The van der Waals surface area contributed by atoms with Gasteiger partial charge in [0.25, 0.3) is 0 Å². The van der Waals surface area contributed by atoms with Crippen molar-refractivity contribution in [2.24, 2.45) is 10.2 Å². The normalized spacial score (nSPS) is 11.2.